The van der Waals surface area contributed by atoms with E-state index in [4.69, 9.17) is 0 Å². The van der Waals surface area contributed by atoms with Crippen LogP contribution >= 0.6 is 0 Å². The number of rotatable bonds is 6. The average Bonchev–Trinajstić information content (AvgIpc) is 2.76. The molecule has 1 aromatic rings. The van der Waals surface area contributed by atoms with Crippen molar-refractivity contribution in [2.75, 3.05) is 20.1 Å². The maximum Gasteiger partial charge on any atom is 0.115 e. The van der Waals surface area contributed by atoms with Gasteiger partial charge in [-0.2, -0.15) is 0 Å². The lowest BCUT2D eigenvalue weighted by atomic mass is 10.1. The zero-order valence-electron chi connectivity index (χ0n) is 12.3. The first-order valence-corrected chi connectivity index (χ1v) is 7.33. The van der Waals surface area contributed by atoms with Crippen LogP contribution in [0.5, 0.6) is 5.75 Å². The van der Waals surface area contributed by atoms with Crippen LogP contribution in [0.1, 0.15) is 43.9 Å². The first-order chi connectivity index (χ1) is 9.08. The minimum Gasteiger partial charge on any atom is -0.508 e. The molecule has 1 aliphatic rings. The molecule has 0 heterocycles. The van der Waals surface area contributed by atoms with Crippen LogP contribution in [0.3, 0.4) is 0 Å². The highest BCUT2D eigenvalue weighted by Crippen LogP contribution is 2.33. The molecule has 19 heavy (non-hydrogen) atoms. The van der Waals surface area contributed by atoms with E-state index in [0.717, 1.165) is 25.9 Å². The standard InChI is InChI=1S/C16H26N2O/c1-12(2)18(3)10-4-9-17-16-8-5-13-11-14(19)6-7-15(13)16/h6-7,11-12,16-17,19H,4-5,8-10H2,1-3H3. The molecule has 0 saturated heterocycles. The van der Waals surface area contributed by atoms with Gasteiger partial charge >= 0.3 is 0 Å². The molecule has 3 heteroatoms. The molecular weight excluding hydrogens is 236 g/mol. The van der Waals surface area contributed by atoms with Gasteiger partial charge in [-0.05, 0) is 76.5 Å². The first kappa shape index (κ1) is 14.4. The molecule has 1 atom stereocenters. The number of phenols is 1. The second kappa shape index (κ2) is 6.40. The van der Waals surface area contributed by atoms with Gasteiger partial charge in [0.25, 0.3) is 0 Å². The lowest BCUT2D eigenvalue weighted by Gasteiger charge is -2.21. The van der Waals surface area contributed by atoms with Gasteiger partial charge in [0.1, 0.15) is 5.75 Å². The number of benzene rings is 1. The molecule has 0 aliphatic heterocycles. The van der Waals surface area contributed by atoms with Gasteiger partial charge in [0.2, 0.25) is 0 Å². The Hall–Kier alpha value is -1.06. The molecule has 0 spiro atoms. The zero-order chi connectivity index (χ0) is 13.8. The van der Waals surface area contributed by atoms with Gasteiger partial charge in [0.05, 0.1) is 0 Å². The Morgan fingerprint density at radius 3 is 2.95 bits per heavy atom. The Morgan fingerprint density at radius 1 is 1.42 bits per heavy atom. The summed E-state index contributed by atoms with van der Waals surface area (Å²) in [7, 11) is 2.18. The molecule has 3 nitrogen and oxygen atoms in total. The molecule has 1 unspecified atom stereocenters. The summed E-state index contributed by atoms with van der Waals surface area (Å²) in [6, 6.07) is 6.86. The van der Waals surface area contributed by atoms with Crippen molar-refractivity contribution in [3.8, 4) is 5.75 Å². The summed E-state index contributed by atoms with van der Waals surface area (Å²) in [5.41, 5.74) is 2.67. The molecule has 2 N–H and O–H groups in total. The smallest absolute Gasteiger partial charge is 0.115 e. The molecule has 0 bridgehead atoms. The number of aromatic hydroxyl groups is 1. The molecule has 2 rings (SSSR count). The van der Waals surface area contributed by atoms with Crippen LogP contribution in [-0.4, -0.2) is 36.2 Å². The van der Waals surface area contributed by atoms with Crippen LogP contribution < -0.4 is 5.32 Å². The van der Waals surface area contributed by atoms with Gasteiger partial charge < -0.3 is 15.3 Å². The van der Waals surface area contributed by atoms with Crippen molar-refractivity contribution in [1.82, 2.24) is 10.2 Å². The van der Waals surface area contributed by atoms with Crippen LogP contribution in [0.2, 0.25) is 0 Å². The van der Waals surface area contributed by atoms with Crippen molar-refractivity contribution in [3.63, 3.8) is 0 Å². The third-order valence-corrected chi connectivity index (χ3v) is 4.16. The van der Waals surface area contributed by atoms with Crippen molar-refractivity contribution < 1.29 is 5.11 Å². The summed E-state index contributed by atoms with van der Waals surface area (Å²) in [5.74, 6) is 0.387. The van der Waals surface area contributed by atoms with Crippen molar-refractivity contribution in [3.05, 3.63) is 29.3 Å². The normalized spacial score (nSPS) is 18.3. The fourth-order valence-electron chi connectivity index (χ4n) is 2.68. The summed E-state index contributed by atoms with van der Waals surface area (Å²) < 4.78 is 0. The average molecular weight is 262 g/mol. The number of nitrogens with zero attached hydrogens (tertiary/aromatic N) is 1. The molecule has 106 valence electrons. The van der Waals surface area contributed by atoms with E-state index in [-0.39, 0.29) is 0 Å². The maximum atomic E-state index is 9.48. The number of fused-ring (bicyclic) bond motifs is 1. The van der Waals surface area contributed by atoms with Crippen molar-refractivity contribution in [2.24, 2.45) is 0 Å². The van der Waals surface area contributed by atoms with Gasteiger partial charge in [-0.1, -0.05) is 6.07 Å². The molecule has 0 aromatic heterocycles. The molecule has 1 aliphatic carbocycles. The third kappa shape index (κ3) is 3.71. The third-order valence-electron chi connectivity index (χ3n) is 4.16. The van der Waals surface area contributed by atoms with Gasteiger partial charge in [-0.15, -0.1) is 0 Å². The minimum atomic E-state index is 0.387. The number of hydrogen-bond donors (Lipinski definition) is 2. The summed E-state index contributed by atoms with van der Waals surface area (Å²) in [6.07, 6.45) is 3.41. The predicted molar refractivity (Wildman–Crippen MR) is 79.6 cm³/mol. The summed E-state index contributed by atoms with van der Waals surface area (Å²) >= 11 is 0. The van der Waals surface area contributed by atoms with E-state index in [1.54, 1.807) is 6.07 Å². The van der Waals surface area contributed by atoms with E-state index in [9.17, 15) is 5.11 Å². The van der Waals surface area contributed by atoms with Crippen molar-refractivity contribution in [2.45, 2.75) is 45.2 Å². The number of hydrogen-bond acceptors (Lipinski definition) is 3. The highest BCUT2D eigenvalue weighted by molar-refractivity contribution is 5.39. The molecule has 0 radical (unpaired) electrons. The lowest BCUT2D eigenvalue weighted by Crippen LogP contribution is -2.30. The summed E-state index contributed by atoms with van der Waals surface area (Å²) in [6.45, 7) is 6.65. The first-order valence-electron chi connectivity index (χ1n) is 7.33. The van der Waals surface area contributed by atoms with E-state index in [2.05, 4.69) is 37.2 Å². The van der Waals surface area contributed by atoms with E-state index < -0.39 is 0 Å². The fraction of sp³-hybridized carbons (Fsp3) is 0.625. The Kier molecular flexibility index (Phi) is 4.83. The van der Waals surface area contributed by atoms with E-state index in [1.807, 2.05) is 6.07 Å². The lowest BCUT2D eigenvalue weighted by molar-refractivity contribution is 0.267. The Labute approximate surface area is 116 Å². The molecule has 1 aromatic carbocycles. The van der Waals surface area contributed by atoms with Crippen molar-refractivity contribution in [1.29, 1.82) is 0 Å². The quantitative estimate of drug-likeness (QED) is 0.774. The summed E-state index contributed by atoms with van der Waals surface area (Å²) in [4.78, 5) is 2.38. The highest BCUT2D eigenvalue weighted by atomic mass is 16.3. The van der Waals surface area contributed by atoms with E-state index in [0.29, 0.717) is 17.8 Å². The highest BCUT2D eigenvalue weighted by Gasteiger charge is 2.21. The maximum absolute atomic E-state index is 9.48. The molecular formula is C16H26N2O. The van der Waals surface area contributed by atoms with Crippen LogP contribution in [-0.2, 0) is 6.42 Å². The van der Waals surface area contributed by atoms with Gasteiger partial charge in [-0.3, -0.25) is 0 Å². The Morgan fingerprint density at radius 2 is 2.21 bits per heavy atom. The molecule has 0 amide bonds. The number of nitrogens with one attached hydrogen (secondary N) is 1. The zero-order valence-corrected chi connectivity index (χ0v) is 12.3. The monoisotopic (exact) mass is 262 g/mol. The number of aryl methyl sites for hydroxylation is 1. The summed E-state index contributed by atoms with van der Waals surface area (Å²) in [5, 5.41) is 13.1. The van der Waals surface area contributed by atoms with E-state index >= 15 is 0 Å². The van der Waals surface area contributed by atoms with E-state index in [1.165, 1.54) is 17.5 Å². The van der Waals surface area contributed by atoms with Gasteiger partial charge in [0, 0.05) is 12.1 Å². The van der Waals surface area contributed by atoms with Gasteiger partial charge in [-0.25, -0.2) is 0 Å². The Bertz CT molecular complexity index is 417. The topological polar surface area (TPSA) is 35.5 Å². The largest absolute Gasteiger partial charge is 0.508 e. The second-order valence-corrected chi connectivity index (χ2v) is 5.86. The van der Waals surface area contributed by atoms with Crippen molar-refractivity contribution >= 4 is 0 Å². The molecule has 0 saturated carbocycles. The molecule has 0 fully saturated rings. The SMILES string of the molecule is CC(C)N(C)CCCNC1CCc2cc(O)ccc21. The number of phenolic OH excluding ortho intramolecular Hbond substituents is 1. The minimum absolute atomic E-state index is 0.387. The van der Waals surface area contributed by atoms with Gasteiger partial charge in [0.15, 0.2) is 0 Å². The predicted octanol–water partition coefficient (Wildman–Crippen LogP) is 2.70. The van der Waals surface area contributed by atoms with Crippen LogP contribution in [0.25, 0.3) is 0 Å². The fourth-order valence-corrected chi connectivity index (χ4v) is 2.68. The van der Waals surface area contributed by atoms with Crippen LogP contribution in [0.4, 0.5) is 0 Å². The van der Waals surface area contributed by atoms with Crippen LogP contribution in [0, 0.1) is 0 Å². The Balaban J connectivity index is 1.77. The van der Waals surface area contributed by atoms with Crippen LogP contribution in [0.15, 0.2) is 18.2 Å². The second-order valence-electron chi connectivity index (χ2n) is 5.86.